The second-order valence-corrected chi connectivity index (χ2v) is 3.21. The Balaban J connectivity index is 2.11. The first kappa shape index (κ1) is 10.2. The van der Waals surface area contributed by atoms with Crippen LogP contribution in [0.15, 0.2) is 53.8 Å². The van der Waals surface area contributed by atoms with Gasteiger partial charge in [0.2, 0.25) is 0 Å². The molecule has 2 aromatic rings. The Hall–Kier alpha value is -2.36. The number of oxime groups is 1. The van der Waals surface area contributed by atoms with Crippen LogP contribution in [0.1, 0.15) is 5.56 Å². The number of nitrogens with one attached hydrogen (secondary N) is 1. The van der Waals surface area contributed by atoms with E-state index in [1.807, 2.05) is 42.5 Å². The fourth-order valence-electron chi connectivity index (χ4n) is 1.29. The maximum Gasteiger partial charge on any atom is 0.130 e. The highest BCUT2D eigenvalue weighted by Crippen LogP contribution is 2.13. The smallest absolute Gasteiger partial charge is 0.130 e. The first-order chi connectivity index (χ1) is 7.88. The van der Waals surface area contributed by atoms with Crippen molar-refractivity contribution in [1.82, 2.24) is 4.98 Å². The molecule has 0 fully saturated rings. The van der Waals surface area contributed by atoms with Crippen molar-refractivity contribution in [1.29, 1.82) is 0 Å². The third-order valence-corrected chi connectivity index (χ3v) is 2.04. The van der Waals surface area contributed by atoms with E-state index in [1.54, 1.807) is 6.20 Å². The number of benzene rings is 1. The average Bonchev–Trinajstić information content (AvgIpc) is 2.33. The van der Waals surface area contributed by atoms with Crippen LogP contribution in [0.2, 0.25) is 0 Å². The number of hydrogen-bond donors (Lipinski definition) is 2. The lowest BCUT2D eigenvalue weighted by molar-refractivity contribution is 0.322. The number of nitrogens with zero attached hydrogens (tertiary/aromatic N) is 2. The maximum absolute atomic E-state index is 8.35. The van der Waals surface area contributed by atoms with Crippen molar-refractivity contribution in [3.05, 3.63) is 54.2 Å². The van der Waals surface area contributed by atoms with Gasteiger partial charge in [-0.15, -0.1) is 0 Å². The van der Waals surface area contributed by atoms with Gasteiger partial charge in [0.05, 0.1) is 6.21 Å². The summed E-state index contributed by atoms with van der Waals surface area (Å²) in [7, 11) is 0. The maximum atomic E-state index is 8.35. The molecule has 16 heavy (non-hydrogen) atoms. The molecular weight excluding hydrogens is 202 g/mol. The van der Waals surface area contributed by atoms with E-state index in [4.69, 9.17) is 5.21 Å². The molecule has 0 radical (unpaired) electrons. The quantitative estimate of drug-likeness (QED) is 0.468. The SMILES string of the molecule is O/N=C\c1ccc(Nc2ccccc2)nc1. The monoisotopic (exact) mass is 213 g/mol. The molecule has 0 aliphatic heterocycles. The van der Waals surface area contributed by atoms with E-state index in [-0.39, 0.29) is 0 Å². The zero-order chi connectivity index (χ0) is 11.2. The first-order valence-electron chi connectivity index (χ1n) is 4.84. The van der Waals surface area contributed by atoms with Gasteiger partial charge in [0, 0.05) is 17.4 Å². The lowest BCUT2D eigenvalue weighted by atomic mass is 10.3. The van der Waals surface area contributed by atoms with Gasteiger partial charge in [-0.3, -0.25) is 0 Å². The minimum Gasteiger partial charge on any atom is -0.411 e. The molecule has 1 aromatic carbocycles. The minimum absolute atomic E-state index is 0.751. The van der Waals surface area contributed by atoms with Crippen molar-refractivity contribution < 1.29 is 5.21 Å². The van der Waals surface area contributed by atoms with Crippen LogP contribution < -0.4 is 5.32 Å². The van der Waals surface area contributed by atoms with Crippen LogP contribution in [0.5, 0.6) is 0 Å². The van der Waals surface area contributed by atoms with Crippen molar-refractivity contribution in [2.24, 2.45) is 5.16 Å². The van der Waals surface area contributed by atoms with Crippen LogP contribution in [-0.2, 0) is 0 Å². The van der Waals surface area contributed by atoms with Crippen molar-refractivity contribution in [3.63, 3.8) is 0 Å². The van der Waals surface area contributed by atoms with Crippen LogP contribution in [0.4, 0.5) is 11.5 Å². The molecule has 80 valence electrons. The standard InChI is InChI=1S/C12H11N3O/c16-14-9-10-6-7-12(13-8-10)15-11-4-2-1-3-5-11/h1-9,16H,(H,13,15)/b14-9-. The minimum atomic E-state index is 0.751. The molecule has 0 aliphatic rings. The summed E-state index contributed by atoms with van der Waals surface area (Å²) in [5.74, 6) is 0.751. The van der Waals surface area contributed by atoms with Crippen LogP contribution in [0.25, 0.3) is 0 Å². The second kappa shape index (κ2) is 4.93. The van der Waals surface area contributed by atoms with Crippen LogP contribution >= 0.6 is 0 Å². The lowest BCUT2D eigenvalue weighted by Crippen LogP contribution is -1.93. The Morgan fingerprint density at radius 2 is 1.94 bits per heavy atom. The Morgan fingerprint density at radius 1 is 1.12 bits per heavy atom. The topological polar surface area (TPSA) is 57.5 Å². The summed E-state index contributed by atoms with van der Waals surface area (Å²) in [5.41, 5.74) is 1.74. The zero-order valence-electron chi connectivity index (χ0n) is 8.54. The molecule has 0 bridgehead atoms. The van der Waals surface area contributed by atoms with Gasteiger partial charge >= 0.3 is 0 Å². The molecule has 0 unspecified atom stereocenters. The Morgan fingerprint density at radius 3 is 2.56 bits per heavy atom. The molecule has 1 aromatic heterocycles. The summed E-state index contributed by atoms with van der Waals surface area (Å²) in [6, 6.07) is 13.4. The highest BCUT2D eigenvalue weighted by atomic mass is 16.4. The second-order valence-electron chi connectivity index (χ2n) is 3.21. The van der Waals surface area contributed by atoms with E-state index in [2.05, 4.69) is 15.5 Å². The summed E-state index contributed by atoms with van der Waals surface area (Å²) >= 11 is 0. The number of aromatic nitrogens is 1. The van der Waals surface area contributed by atoms with Crippen LogP contribution in [-0.4, -0.2) is 16.4 Å². The molecule has 0 atom stereocenters. The molecule has 0 aliphatic carbocycles. The molecule has 2 N–H and O–H groups in total. The van der Waals surface area contributed by atoms with E-state index in [1.165, 1.54) is 6.21 Å². The summed E-state index contributed by atoms with van der Waals surface area (Å²) in [6.45, 7) is 0. The summed E-state index contributed by atoms with van der Waals surface area (Å²) in [4.78, 5) is 4.18. The number of hydrogen-bond acceptors (Lipinski definition) is 4. The third-order valence-electron chi connectivity index (χ3n) is 2.04. The average molecular weight is 213 g/mol. The molecule has 4 nitrogen and oxygen atoms in total. The van der Waals surface area contributed by atoms with E-state index in [0.717, 1.165) is 17.1 Å². The lowest BCUT2D eigenvalue weighted by Gasteiger charge is -2.04. The van der Waals surface area contributed by atoms with Crippen molar-refractivity contribution in [2.45, 2.75) is 0 Å². The van der Waals surface area contributed by atoms with Crippen molar-refractivity contribution >= 4 is 17.7 Å². The fraction of sp³-hybridized carbons (Fsp3) is 0. The number of rotatable bonds is 3. The largest absolute Gasteiger partial charge is 0.411 e. The van der Waals surface area contributed by atoms with Crippen LogP contribution in [0.3, 0.4) is 0 Å². The van der Waals surface area contributed by atoms with Gasteiger partial charge in [-0.2, -0.15) is 0 Å². The zero-order valence-corrected chi connectivity index (χ0v) is 8.54. The highest BCUT2D eigenvalue weighted by Gasteiger charge is 1.95. The van der Waals surface area contributed by atoms with E-state index < -0.39 is 0 Å². The van der Waals surface area contributed by atoms with Gasteiger partial charge in [0.15, 0.2) is 0 Å². The summed E-state index contributed by atoms with van der Waals surface area (Å²) in [5, 5.41) is 14.4. The van der Waals surface area contributed by atoms with E-state index in [9.17, 15) is 0 Å². The van der Waals surface area contributed by atoms with Crippen molar-refractivity contribution in [2.75, 3.05) is 5.32 Å². The normalized spacial score (nSPS) is 10.5. The van der Waals surface area contributed by atoms with E-state index in [0.29, 0.717) is 0 Å². The first-order valence-corrected chi connectivity index (χ1v) is 4.84. The summed E-state index contributed by atoms with van der Waals surface area (Å²) in [6.07, 6.45) is 2.96. The molecule has 0 spiro atoms. The molecule has 0 saturated carbocycles. The van der Waals surface area contributed by atoms with Gasteiger partial charge in [-0.25, -0.2) is 4.98 Å². The third kappa shape index (κ3) is 2.57. The predicted octanol–water partition coefficient (Wildman–Crippen LogP) is 2.63. The van der Waals surface area contributed by atoms with Gasteiger partial charge < -0.3 is 10.5 Å². The molecule has 0 amide bonds. The Labute approximate surface area is 93.3 Å². The predicted molar refractivity (Wildman–Crippen MR) is 63.3 cm³/mol. The highest BCUT2D eigenvalue weighted by molar-refractivity contribution is 5.79. The molecule has 4 heteroatoms. The fourth-order valence-corrected chi connectivity index (χ4v) is 1.29. The molecule has 0 saturated heterocycles. The molecule has 1 heterocycles. The van der Waals surface area contributed by atoms with Gasteiger partial charge in [0.25, 0.3) is 0 Å². The van der Waals surface area contributed by atoms with E-state index >= 15 is 0 Å². The van der Waals surface area contributed by atoms with Crippen LogP contribution in [0, 0.1) is 0 Å². The molecular formula is C12H11N3O. The van der Waals surface area contributed by atoms with Gasteiger partial charge in [0.1, 0.15) is 5.82 Å². The Kier molecular flexibility index (Phi) is 3.13. The van der Waals surface area contributed by atoms with Crippen molar-refractivity contribution in [3.8, 4) is 0 Å². The number of para-hydroxylation sites is 1. The summed E-state index contributed by atoms with van der Waals surface area (Å²) < 4.78 is 0. The number of pyridine rings is 1. The van der Waals surface area contributed by atoms with Gasteiger partial charge in [-0.05, 0) is 24.3 Å². The molecule has 2 rings (SSSR count). The Bertz CT molecular complexity index is 465. The van der Waals surface area contributed by atoms with Gasteiger partial charge in [-0.1, -0.05) is 23.4 Å². The number of anilines is 2.